The van der Waals surface area contributed by atoms with Gasteiger partial charge in [0.05, 0.1) is 0 Å². The molecule has 2 N–H and O–H groups in total. The summed E-state index contributed by atoms with van der Waals surface area (Å²) < 4.78 is 5.62. The van der Waals surface area contributed by atoms with Gasteiger partial charge in [0.15, 0.2) is 0 Å². The molecule has 2 aromatic carbocycles. The van der Waals surface area contributed by atoms with Gasteiger partial charge in [-0.1, -0.05) is 69.3 Å². The van der Waals surface area contributed by atoms with Gasteiger partial charge < -0.3 is 20.1 Å². The fraction of sp³-hybridized carbons (Fsp3) is 0.464. The molecule has 35 heavy (non-hydrogen) atoms. The van der Waals surface area contributed by atoms with Gasteiger partial charge in [0.2, 0.25) is 5.91 Å². The zero-order chi connectivity index (χ0) is 25.1. The molecule has 1 saturated heterocycles. The van der Waals surface area contributed by atoms with Crippen molar-refractivity contribution in [2.45, 2.75) is 58.0 Å². The van der Waals surface area contributed by atoms with E-state index in [4.69, 9.17) is 4.74 Å². The molecule has 4 atom stereocenters. The Labute approximate surface area is 206 Å². The molecule has 7 heteroatoms. The fourth-order valence-corrected chi connectivity index (χ4v) is 5.66. The normalized spacial score (nSPS) is 22.1. The number of piperidine rings is 1. The topological polar surface area (TPSA) is 95.9 Å². The average Bonchev–Trinajstić information content (AvgIpc) is 3.15. The number of fused-ring (bicyclic) bond motifs is 3. The number of carboxylic acid groups (broad SMARTS) is 1. The maximum atomic E-state index is 13.1. The standard InChI is InChI=1S/C28H34N2O5/c1-4-19(14-25(31)30-15-17(2)13-18(3)26(30)27(32)33)29-28(34)35-16-24-22-11-7-5-9-20(22)21-10-6-8-12-23(21)24/h5-12,17-19,24,26H,4,13-16H2,1-3H3,(H,29,34)(H,32,33)/t17?,18?,19-,26?/m1/s1. The third-order valence-corrected chi connectivity index (χ3v) is 7.31. The summed E-state index contributed by atoms with van der Waals surface area (Å²) in [5.41, 5.74) is 4.59. The lowest BCUT2D eigenvalue weighted by atomic mass is 9.84. The molecule has 0 radical (unpaired) electrons. The summed E-state index contributed by atoms with van der Waals surface area (Å²) in [6, 6.07) is 15.0. The van der Waals surface area contributed by atoms with E-state index in [1.54, 1.807) is 0 Å². The molecule has 4 rings (SSSR count). The largest absolute Gasteiger partial charge is 0.480 e. The Bertz CT molecular complexity index is 1050. The maximum Gasteiger partial charge on any atom is 0.407 e. The van der Waals surface area contributed by atoms with Crippen LogP contribution in [0.4, 0.5) is 4.79 Å². The lowest BCUT2D eigenvalue weighted by Gasteiger charge is -2.41. The molecular weight excluding hydrogens is 444 g/mol. The van der Waals surface area contributed by atoms with Gasteiger partial charge in [0, 0.05) is 24.9 Å². The molecular formula is C28H34N2O5. The van der Waals surface area contributed by atoms with E-state index in [1.807, 2.05) is 45.0 Å². The Morgan fingerprint density at radius 1 is 1.06 bits per heavy atom. The van der Waals surface area contributed by atoms with Gasteiger partial charge in [0.25, 0.3) is 0 Å². The molecule has 186 valence electrons. The molecule has 2 amide bonds. The number of nitrogens with zero attached hydrogens (tertiary/aromatic N) is 1. The maximum absolute atomic E-state index is 13.1. The molecule has 0 spiro atoms. The first-order valence-electron chi connectivity index (χ1n) is 12.4. The SMILES string of the molecule is CC[C@H](CC(=O)N1CC(C)CC(C)C1C(=O)O)NC(=O)OCC1c2ccccc2-c2ccccc21. The number of alkyl carbamates (subject to hydrolysis) is 1. The molecule has 2 aromatic rings. The van der Waals surface area contributed by atoms with E-state index < -0.39 is 24.1 Å². The third-order valence-electron chi connectivity index (χ3n) is 7.31. The number of carbonyl (C=O) groups excluding carboxylic acids is 2. The molecule has 3 unspecified atom stereocenters. The smallest absolute Gasteiger partial charge is 0.407 e. The second kappa shape index (κ2) is 10.5. The van der Waals surface area contributed by atoms with E-state index in [1.165, 1.54) is 4.90 Å². The molecule has 1 heterocycles. The van der Waals surface area contributed by atoms with Crippen LogP contribution < -0.4 is 5.32 Å². The van der Waals surface area contributed by atoms with Gasteiger partial charge in [-0.2, -0.15) is 0 Å². The lowest BCUT2D eigenvalue weighted by Crippen LogP contribution is -2.55. The molecule has 1 aliphatic heterocycles. The highest BCUT2D eigenvalue weighted by Gasteiger charge is 2.40. The van der Waals surface area contributed by atoms with Gasteiger partial charge in [-0.25, -0.2) is 9.59 Å². The minimum atomic E-state index is -0.977. The van der Waals surface area contributed by atoms with Crippen LogP contribution in [0.25, 0.3) is 11.1 Å². The number of nitrogens with one attached hydrogen (secondary N) is 1. The summed E-state index contributed by atoms with van der Waals surface area (Å²) >= 11 is 0. The van der Waals surface area contributed by atoms with Crippen molar-refractivity contribution >= 4 is 18.0 Å². The van der Waals surface area contributed by atoms with E-state index in [-0.39, 0.29) is 36.7 Å². The minimum Gasteiger partial charge on any atom is -0.480 e. The number of carbonyl (C=O) groups is 3. The summed E-state index contributed by atoms with van der Waals surface area (Å²) in [4.78, 5) is 39.0. The second-order valence-electron chi connectivity index (χ2n) is 9.93. The summed E-state index contributed by atoms with van der Waals surface area (Å²) in [5, 5.41) is 12.5. The number of hydrogen-bond donors (Lipinski definition) is 2. The molecule has 1 aliphatic carbocycles. The number of rotatable bonds is 7. The fourth-order valence-electron chi connectivity index (χ4n) is 5.66. The number of amides is 2. The minimum absolute atomic E-state index is 0.0393. The van der Waals surface area contributed by atoms with Crippen molar-refractivity contribution in [1.29, 1.82) is 0 Å². The average molecular weight is 479 g/mol. The predicted octanol–water partition coefficient (Wildman–Crippen LogP) is 4.65. The van der Waals surface area contributed by atoms with Gasteiger partial charge in [0.1, 0.15) is 12.6 Å². The van der Waals surface area contributed by atoms with Crippen molar-refractivity contribution < 1.29 is 24.2 Å². The van der Waals surface area contributed by atoms with Crippen LogP contribution in [0.15, 0.2) is 48.5 Å². The third kappa shape index (κ3) is 5.19. The van der Waals surface area contributed by atoms with Crippen LogP contribution in [0.3, 0.4) is 0 Å². The molecule has 0 bridgehead atoms. The van der Waals surface area contributed by atoms with Crippen molar-refractivity contribution in [3.63, 3.8) is 0 Å². The van der Waals surface area contributed by atoms with Crippen LogP contribution in [0.2, 0.25) is 0 Å². The van der Waals surface area contributed by atoms with Crippen molar-refractivity contribution in [2.75, 3.05) is 13.2 Å². The van der Waals surface area contributed by atoms with Crippen LogP contribution in [-0.2, 0) is 14.3 Å². The molecule has 7 nitrogen and oxygen atoms in total. The van der Waals surface area contributed by atoms with E-state index in [2.05, 4.69) is 29.6 Å². The van der Waals surface area contributed by atoms with Crippen LogP contribution in [0.1, 0.15) is 57.1 Å². The Hall–Kier alpha value is -3.35. The van der Waals surface area contributed by atoms with Gasteiger partial charge in [-0.3, -0.25) is 4.79 Å². The van der Waals surface area contributed by atoms with E-state index in [0.29, 0.717) is 13.0 Å². The number of ether oxygens (including phenoxy) is 1. The number of aliphatic carboxylic acids is 1. The van der Waals surface area contributed by atoms with Crippen LogP contribution in [0.5, 0.6) is 0 Å². The van der Waals surface area contributed by atoms with Gasteiger partial charge in [-0.05, 0) is 46.9 Å². The first kappa shape index (κ1) is 24.8. The first-order chi connectivity index (χ1) is 16.8. The summed E-state index contributed by atoms with van der Waals surface area (Å²) in [7, 11) is 0. The van der Waals surface area contributed by atoms with Crippen molar-refractivity contribution in [3.05, 3.63) is 59.7 Å². The second-order valence-corrected chi connectivity index (χ2v) is 9.93. The molecule has 0 saturated carbocycles. The Morgan fingerprint density at radius 3 is 2.23 bits per heavy atom. The summed E-state index contributed by atoms with van der Waals surface area (Å²) in [6.45, 7) is 6.41. The van der Waals surface area contributed by atoms with Crippen molar-refractivity contribution in [3.8, 4) is 11.1 Å². The molecule has 1 fully saturated rings. The highest BCUT2D eigenvalue weighted by atomic mass is 16.5. The predicted molar refractivity (Wildman–Crippen MR) is 133 cm³/mol. The van der Waals surface area contributed by atoms with Crippen LogP contribution in [-0.4, -0.2) is 53.2 Å². The molecule has 0 aromatic heterocycles. The molecule has 2 aliphatic rings. The monoisotopic (exact) mass is 478 g/mol. The number of likely N-dealkylation sites (tertiary alicyclic amines) is 1. The van der Waals surface area contributed by atoms with E-state index in [9.17, 15) is 19.5 Å². The van der Waals surface area contributed by atoms with Crippen LogP contribution >= 0.6 is 0 Å². The Morgan fingerprint density at radius 2 is 1.66 bits per heavy atom. The highest BCUT2D eigenvalue weighted by molar-refractivity contribution is 5.85. The highest BCUT2D eigenvalue weighted by Crippen LogP contribution is 2.44. The van der Waals surface area contributed by atoms with Crippen molar-refractivity contribution in [2.24, 2.45) is 11.8 Å². The Balaban J connectivity index is 1.37. The first-order valence-corrected chi connectivity index (χ1v) is 12.4. The number of hydrogen-bond acceptors (Lipinski definition) is 4. The zero-order valence-electron chi connectivity index (χ0n) is 20.6. The lowest BCUT2D eigenvalue weighted by molar-refractivity contribution is -0.156. The number of carboxylic acids is 1. The summed E-state index contributed by atoms with van der Waals surface area (Å²) in [6.07, 6.45) is 0.786. The summed E-state index contributed by atoms with van der Waals surface area (Å²) in [5.74, 6) is -1.14. The number of benzene rings is 2. The van der Waals surface area contributed by atoms with Crippen LogP contribution in [0, 0.1) is 11.8 Å². The van der Waals surface area contributed by atoms with E-state index in [0.717, 1.165) is 28.7 Å². The van der Waals surface area contributed by atoms with Gasteiger partial charge >= 0.3 is 12.1 Å². The van der Waals surface area contributed by atoms with Crippen molar-refractivity contribution in [1.82, 2.24) is 10.2 Å². The van der Waals surface area contributed by atoms with E-state index >= 15 is 0 Å². The quantitative estimate of drug-likeness (QED) is 0.604. The van der Waals surface area contributed by atoms with Gasteiger partial charge in [-0.15, -0.1) is 0 Å². The zero-order valence-corrected chi connectivity index (χ0v) is 20.6. The Kier molecular flexibility index (Phi) is 7.43.